The first kappa shape index (κ1) is 18.0. The zero-order valence-corrected chi connectivity index (χ0v) is 15.5. The second kappa shape index (κ2) is 7.69. The molecule has 0 radical (unpaired) electrons. The molecule has 1 aromatic carbocycles. The Kier molecular flexibility index (Phi) is 4.94. The number of hydrogen-bond donors (Lipinski definition) is 1. The van der Waals surface area contributed by atoms with Gasteiger partial charge < -0.3 is 14.6 Å². The Hall–Kier alpha value is -3.40. The number of amides is 1. The van der Waals surface area contributed by atoms with Crippen LogP contribution in [0.3, 0.4) is 0 Å². The summed E-state index contributed by atoms with van der Waals surface area (Å²) in [5.41, 5.74) is 1.51. The molecule has 0 saturated heterocycles. The first-order chi connectivity index (χ1) is 13.6. The molecule has 2 heterocycles. The van der Waals surface area contributed by atoms with E-state index in [4.69, 9.17) is 9.26 Å². The van der Waals surface area contributed by atoms with Gasteiger partial charge in [-0.15, -0.1) is 0 Å². The Balaban J connectivity index is 1.38. The Morgan fingerprint density at radius 3 is 2.82 bits per heavy atom. The number of benzene rings is 1. The van der Waals surface area contributed by atoms with Gasteiger partial charge in [-0.05, 0) is 50.8 Å². The normalized spacial score (nSPS) is 19.1. The number of para-hydroxylation sites is 1. The van der Waals surface area contributed by atoms with Crippen LogP contribution in [0.2, 0.25) is 0 Å². The maximum atomic E-state index is 12.2. The zero-order valence-electron chi connectivity index (χ0n) is 15.5. The number of nitrogens with zero attached hydrogens (tertiary/aromatic N) is 3. The maximum Gasteiger partial charge on any atom is 0.273 e. The largest absolute Gasteiger partial charge is 0.490 e. The fraction of sp³-hybridized carbons (Fsp3) is 0.333. The smallest absolute Gasteiger partial charge is 0.273 e. The minimum Gasteiger partial charge on any atom is -0.490 e. The van der Waals surface area contributed by atoms with Crippen LogP contribution in [0.4, 0.5) is 0 Å². The lowest BCUT2D eigenvalue weighted by Crippen LogP contribution is -2.39. The van der Waals surface area contributed by atoms with Crippen molar-refractivity contribution in [3.8, 4) is 11.8 Å². The van der Waals surface area contributed by atoms with Gasteiger partial charge in [0.15, 0.2) is 5.69 Å². The van der Waals surface area contributed by atoms with Crippen molar-refractivity contribution in [1.82, 2.24) is 15.5 Å². The number of rotatable bonds is 4. The Morgan fingerprint density at radius 2 is 2.11 bits per heavy atom. The molecule has 0 spiro atoms. The molecule has 1 N–H and O–H groups in total. The molecule has 1 amide bonds. The van der Waals surface area contributed by atoms with Gasteiger partial charge in [-0.3, -0.25) is 9.78 Å². The van der Waals surface area contributed by atoms with Crippen LogP contribution in [-0.2, 0) is 0 Å². The van der Waals surface area contributed by atoms with Gasteiger partial charge >= 0.3 is 0 Å². The summed E-state index contributed by atoms with van der Waals surface area (Å²) in [6.45, 7) is 1.76. The molecule has 3 aromatic rings. The molecule has 0 atom stereocenters. The lowest BCUT2D eigenvalue weighted by Gasteiger charge is -2.29. The van der Waals surface area contributed by atoms with Gasteiger partial charge in [0.05, 0.1) is 17.2 Å². The summed E-state index contributed by atoms with van der Waals surface area (Å²) in [6.07, 6.45) is 5.08. The Bertz CT molecular complexity index is 1050. The van der Waals surface area contributed by atoms with Gasteiger partial charge in [0.2, 0.25) is 0 Å². The van der Waals surface area contributed by atoms with Gasteiger partial charge in [-0.1, -0.05) is 11.2 Å². The van der Waals surface area contributed by atoms with Crippen molar-refractivity contribution in [2.75, 3.05) is 0 Å². The van der Waals surface area contributed by atoms with Crippen LogP contribution in [0, 0.1) is 18.3 Å². The lowest BCUT2D eigenvalue weighted by atomic mass is 9.92. The first-order valence-electron chi connectivity index (χ1n) is 9.32. The lowest BCUT2D eigenvalue weighted by molar-refractivity contribution is 0.0886. The SMILES string of the molecule is Cc1cc(C(=O)NC2CCC(Oc3ccnc4c(C#N)cccc34)CC2)no1. The fourth-order valence-corrected chi connectivity index (χ4v) is 3.58. The van der Waals surface area contributed by atoms with E-state index < -0.39 is 0 Å². The molecule has 142 valence electrons. The number of aryl methyl sites for hydroxylation is 1. The van der Waals surface area contributed by atoms with E-state index in [2.05, 4.69) is 21.5 Å². The number of hydrogen-bond acceptors (Lipinski definition) is 6. The van der Waals surface area contributed by atoms with Crippen molar-refractivity contribution in [1.29, 1.82) is 5.26 Å². The number of pyridine rings is 1. The topological polar surface area (TPSA) is 101 Å². The van der Waals surface area contributed by atoms with E-state index in [0.717, 1.165) is 36.8 Å². The second-order valence-corrected chi connectivity index (χ2v) is 7.01. The van der Waals surface area contributed by atoms with Gasteiger partial charge in [0.25, 0.3) is 5.91 Å². The van der Waals surface area contributed by atoms with Crippen molar-refractivity contribution in [3.05, 3.63) is 53.5 Å². The van der Waals surface area contributed by atoms with E-state index >= 15 is 0 Å². The third-order valence-electron chi connectivity index (χ3n) is 5.02. The number of carbonyl (C=O) groups is 1. The van der Waals surface area contributed by atoms with Gasteiger partial charge in [0, 0.05) is 23.7 Å². The highest BCUT2D eigenvalue weighted by molar-refractivity contribution is 5.92. The Labute approximate surface area is 162 Å². The number of nitrogens with one attached hydrogen (secondary N) is 1. The first-order valence-corrected chi connectivity index (χ1v) is 9.32. The van der Waals surface area contributed by atoms with Gasteiger partial charge in [0.1, 0.15) is 17.6 Å². The molecular formula is C21H20N4O3. The van der Waals surface area contributed by atoms with Crippen molar-refractivity contribution in [3.63, 3.8) is 0 Å². The molecule has 0 unspecified atom stereocenters. The predicted molar refractivity (Wildman–Crippen MR) is 102 cm³/mol. The van der Waals surface area contributed by atoms with Crippen LogP contribution in [0.1, 0.15) is 47.5 Å². The van der Waals surface area contributed by atoms with E-state index in [1.54, 1.807) is 25.3 Å². The minimum absolute atomic E-state index is 0.0683. The number of fused-ring (bicyclic) bond motifs is 1. The van der Waals surface area contributed by atoms with Crippen molar-refractivity contribution >= 4 is 16.8 Å². The third-order valence-corrected chi connectivity index (χ3v) is 5.02. The highest BCUT2D eigenvalue weighted by atomic mass is 16.5. The molecule has 1 aliphatic carbocycles. The molecule has 0 aliphatic heterocycles. The summed E-state index contributed by atoms with van der Waals surface area (Å²) in [7, 11) is 0. The molecule has 1 fully saturated rings. The molecule has 1 aliphatic rings. The van der Waals surface area contributed by atoms with E-state index in [0.29, 0.717) is 22.5 Å². The van der Waals surface area contributed by atoms with E-state index in [-0.39, 0.29) is 18.1 Å². The fourth-order valence-electron chi connectivity index (χ4n) is 3.58. The summed E-state index contributed by atoms with van der Waals surface area (Å²) in [6, 6.07) is 11.3. The van der Waals surface area contributed by atoms with E-state index in [1.165, 1.54) is 0 Å². The number of carbonyl (C=O) groups excluding carboxylic acids is 1. The highest BCUT2D eigenvalue weighted by Crippen LogP contribution is 2.30. The van der Waals surface area contributed by atoms with Crippen LogP contribution in [0.5, 0.6) is 5.75 Å². The summed E-state index contributed by atoms with van der Waals surface area (Å²) < 4.78 is 11.2. The van der Waals surface area contributed by atoms with E-state index in [1.807, 2.05) is 18.2 Å². The van der Waals surface area contributed by atoms with Crippen molar-refractivity contribution < 1.29 is 14.1 Å². The number of aromatic nitrogens is 2. The maximum absolute atomic E-state index is 12.2. The molecule has 1 saturated carbocycles. The van der Waals surface area contributed by atoms with Crippen molar-refractivity contribution in [2.24, 2.45) is 0 Å². The summed E-state index contributed by atoms with van der Waals surface area (Å²) in [5.74, 6) is 1.16. The third kappa shape index (κ3) is 3.67. The standard InChI is InChI=1S/C21H20N4O3/c1-13-11-18(25-28-13)21(26)24-15-5-7-16(8-6-15)27-19-9-10-23-20-14(12-22)3-2-4-17(19)20/h2-4,9-11,15-16H,5-8H2,1H3,(H,24,26). The van der Waals surface area contributed by atoms with Crippen LogP contribution < -0.4 is 10.1 Å². The van der Waals surface area contributed by atoms with Crippen LogP contribution >= 0.6 is 0 Å². The predicted octanol–water partition coefficient (Wildman–Crippen LogP) is 3.52. The summed E-state index contributed by atoms with van der Waals surface area (Å²) >= 11 is 0. The quantitative estimate of drug-likeness (QED) is 0.747. The molecule has 2 aromatic heterocycles. The second-order valence-electron chi connectivity index (χ2n) is 7.01. The van der Waals surface area contributed by atoms with Gasteiger partial charge in [-0.2, -0.15) is 5.26 Å². The Morgan fingerprint density at radius 1 is 1.29 bits per heavy atom. The molecule has 7 nitrogen and oxygen atoms in total. The van der Waals surface area contributed by atoms with Gasteiger partial charge in [-0.25, -0.2) is 0 Å². The van der Waals surface area contributed by atoms with Crippen LogP contribution in [0.15, 0.2) is 41.1 Å². The molecule has 0 bridgehead atoms. The molecule has 4 rings (SSSR count). The average molecular weight is 376 g/mol. The summed E-state index contributed by atoms with van der Waals surface area (Å²) in [4.78, 5) is 16.5. The zero-order chi connectivity index (χ0) is 19.5. The average Bonchev–Trinajstić information content (AvgIpc) is 3.16. The van der Waals surface area contributed by atoms with E-state index in [9.17, 15) is 10.1 Å². The number of nitriles is 1. The molecular weight excluding hydrogens is 356 g/mol. The molecule has 28 heavy (non-hydrogen) atoms. The van der Waals surface area contributed by atoms with Crippen molar-refractivity contribution in [2.45, 2.75) is 44.8 Å². The van der Waals surface area contributed by atoms with Crippen LogP contribution in [-0.4, -0.2) is 28.2 Å². The number of ether oxygens (including phenoxy) is 1. The monoisotopic (exact) mass is 376 g/mol. The van der Waals surface area contributed by atoms with Crippen LogP contribution in [0.25, 0.3) is 10.9 Å². The summed E-state index contributed by atoms with van der Waals surface area (Å²) in [5, 5.41) is 16.9. The highest BCUT2D eigenvalue weighted by Gasteiger charge is 2.25. The molecule has 7 heteroatoms. The minimum atomic E-state index is -0.203.